The summed E-state index contributed by atoms with van der Waals surface area (Å²) in [5.41, 5.74) is 4.23. The highest BCUT2D eigenvalue weighted by atomic mass is 35.5. The lowest BCUT2D eigenvalue weighted by molar-refractivity contribution is -0.136. The standard InChI is InChI=1S/C22H25ClN2O2/c1-15(2)22(26)25(13-17-8-6-9-18(23)11-17)14-19-12-21(24-27-19)20-10-5-4-7-16(20)3/h4-11,15,19H,12-14H2,1-3H3. The SMILES string of the molecule is Cc1ccccc1C1=NOC(CN(Cc2cccc(Cl)c2)C(=O)C(C)C)C1. The third-order valence-electron chi connectivity index (χ3n) is 4.68. The lowest BCUT2D eigenvalue weighted by atomic mass is 10.00. The van der Waals surface area contributed by atoms with Gasteiger partial charge in [0.1, 0.15) is 0 Å². The molecule has 142 valence electrons. The summed E-state index contributed by atoms with van der Waals surface area (Å²) in [5.74, 6) is 0.0188. The Balaban J connectivity index is 1.70. The number of aryl methyl sites for hydroxylation is 1. The molecule has 3 rings (SSSR count). The van der Waals surface area contributed by atoms with Crippen LogP contribution in [0.4, 0.5) is 0 Å². The van der Waals surface area contributed by atoms with Gasteiger partial charge >= 0.3 is 0 Å². The zero-order valence-corrected chi connectivity index (χ0v) is 16.7. The molecule has 0 bridgehead atoms. The Morgan fingerprint density at radius 3 is 2.74 bits per heavy atom. The fraction of sp³-hybridized carbons (Fsp3) is 0.364. The normalized spacial score (nSPS) is 16.2. The monoisotopic (exact) mass is 384 g/mol. The number of amides is 1. The minimum atomic E-state index is -0.138. The Morgan fingerprint density at radius 2 is 2.04 bits per heavy atom. The molecule has 1 atom stereocenters. The van der Waals surface area contributed by atoms with Crippen LogP contribution in [0.1, 0.15) is 37.0 Å². The van der Waals surface area contributed by atoms with Gasteiger partial charge in [0, 0.05) is 29.5 Å². The van der Waals surface area contributed by atoms with E-state index >= 15 is 0 Å². The number of hydrogen-bond donors (Lipinski definition) is 0. The second kappa shape index (κ2) is 8.57. The van der Waals surface area contributed by atoms with Crippen molar-refractivity contribution < 1.29 is 9.63 Å². The molecule has 0 N–H and O–H groups in total. The molecule has 4 nitrogen and oxygen atoms in total. The van der Waals surface area contributed by atoms with E-state index in [1.54, 1.807) is 0 Å². The molecule has 0 radical (unpaired) electrons. The molecular formula is C22H25ClN2O2. The third kappa shape index (κ3) is 4.89. The molecule has 0 fully saturated rings. The van der Waals surface area contributed by atoms with Crippen LogP contribution in [0.25, 0.3) is 0 Å². The molecule has 2 aromatic carbocycles. The van der Waals surface area contributed by atoms with E-state index in [9.17, 15) is 4.79 Å². The molecule has 1 heterocycles. The molecule has 1 amide bonds. The minimum absolute atomic E-state index is 0.0812. The quantitative estimate of drug-likeness (QED) is 0.716. The van der Waals surface area contributed by atoms with Gasteiger partial charge in [-0.3, -0.25) is 4.79 Å². The number of halogens is 1. The van der Waals surface area contributed by atoms with Crippen molar-refractivity contribution in [1.29, 1.82) is 0 Å². The number of carbonyl (C=O) groups excluding carboxylic acids is 1. The fourth-order valence-electron chi connectivity index (χ4n) is 3.28. The van der Waals surface area contributed by atoms with Gasteiger partial charge in [0.15, 0.2) is 6.10 Å². The molecule has 1 aliphatic heterocycles. The fourth-order valence-corrected chi connectivity index (χ4v) is 3.49. The maximum absolute atomic E-state index is 12.7. The van der Waals surface area contributed by atoms with Crippen LogP contribution in [0.3, 0.4) is 0 Å². The molecule has 1 aliphatic rings. The maximum Gasteiger partial charge on any atom is 0.225 e. The molecule has 0 saturated heterocycles. The van der Waals surface area contributed by atoms with Gasteiger partial charge in [-0.05, 0) is 30.2 Å². The molecule has 0 spiro atoms. The van der Waals surface area contributed by atoms with Crippen molar-refractivity contribution in [2.75, 3.05) is 6.54 Å². The molecule has 27 heavy (non-hydrogen) atoms. The smallest absolute Gasteiger partial charge is 0.225 e. The van der Waals surface area contributed by atoms with Crippen LogP contribution in [0, 0.1) is 12.8 Å². The lowest BCUT2D eigenvalue weighted by Crippen LogP contribution is -2.39. The van der Waals surface area contributed by atoms with Gasteiger partial charge in [0.05, 0.1) is 12.3 Å². The summed E-state index contributed by atoms with van der Waals surface area (Å²) in [4.78, 5) is 20.2. The first-order chi connectivity index (χ1) is 12.9. The second-order valence-corrected chi connectivity index (χ2v) is 7.72. The Bertz CT molecular complexity index is 848. The van der Waals surface area contributed by atoms with E-state index in [1.807, 2.05) is 55.1 Å². The maximum atomic E-state index is 12.7. The zero-order chi connectivity index (χ0) is 19.4. The highest BCUT2D eigenvalue weighted by molar-refractivity contribution is 6.30. The van der Waals surface area contributed by atoms with Gasteiger partial charge in [-0.15, -0.1) is 0 Å². The van der Waals surface area contributed by atoms with Crippen molar-refractivity contribution in [2.24, 2.45) is 11.1 Å². The van der Waals surface area contributed by atoms with Crippen molar-refractivity contribution in [2.45, 2.75) is 39.8 Å². The Labute approximate surface area is 165 Å². The predicted octanol–water partition coefficient (Wildman–Crippen LogP) is 4.83. The van der Waals surface area contributed by atoms with Gasteiger partial charge in [-0.2, -0.15) is 0 Å². The Morgan fingerprint density at radius 1 is 1.26 bits per heavy atom. The summed E-state index contributed by atoms with van der Waals surface area (Å²) in [6, 6.07) is 15.8. The summed E-state index contributed by atoms with van der Waals surface area (Å²) >= 11 is 6.10. The Hall–Kier alpha value is -2.33. The van der Waals surface area contributed by atoms with Gasteiger partial charge in [-0.25, -0.2) is 0 Å². The van der Waals surface area contributed by atoms with E-state index in [4.69, 9.17) is 16.4 Å². The molecule has 1 unspecified atom stereocenters. The van der Waals surface area contributed by atoms with Crippen LogP contribution < -0.4 is 0 Å². The average Bonchev–Trinajstić information content (AvgIpc) is 3.09. The second-order valence-electron chi connectivity index (χ2n) is 7.29. The van der Waals surface area contributed by atoms with Crippen molar-refractivity contribution in [3.05, 3.63) is 70.2 Å². The van der Waals surface area contributed by atoms with E-state index in [0.717, 1.165) is 16.8 Å². The van der Waals surface area contributed by atoms with Gasteiger partial charge in [0.25, 0.3) is 0 Å². The highest BCUT2D eigenvalue weighted by Gasteiger charge is 2.28. The molecular weight excluding hydrogens is 360 g/mol. The molecule has 0 aliphatic carbocycles. The van der Waals surface area contributed by atoms with Crippen LogP contribution in [-0.4, -0.2) is 29.2 Å². The van der Waals surface area contributed by atoms with E-state index in [1.165, 1.54) is 5.56 Å². The molecule has 2 aromatic rings. The first-order valence-corrected chi connectivity index (χ1v) is 9.63. The largest absolute Gasteiger partial charge is 0.390 e. The van der Waals surface area contributed by atoms with Gasteiger partial charge in [-0.1, -0.05) is 67.0 Å². The summed E-state index contributed by atoms with van der Waals surface area (Å²) in [6.45, 7) is 6.91. The molecule has 5 heteroatoms. The number of oxime groups is 1. The minimum Gasteiger partial charge on any atom is -0.390 e. The number of rotatable bonds is 6. The van der Waals surface area contributed by atoms with Crippen molar-refractivity contribution >= 4 is 23.2 Å². The summed E-state index contributed by atoms with van der Waals surface area (Å²) < 4.78 is 0. The van der Waals surface area contributed by atoms with E-state index in [-0.39, 0.29) is 17.9 Å². The van der Waals surface area contributed by atoms with E-state index in [2.05, 4.69) is 24.2 Å². The van der Waals surface area contributed by atoms with Crippen LogP contribution in [-0.2, 0) is 16.2 Å². The number of hydrogen-bond acceptors (Lipinski definition) is 3. The van der Waals surface area contributed by atoms with E-state index in [0.29, 0.717) is 24.5 Å². The van der Waals surface area contributed by atoms with Crippen LogP contribution in [0.15, 0.2) is 53.7 Å². The predicted molar refractivity (Wildman–Crippen MR) is 109 cm³/mol. The molecule has 0 aromatic heterocycles. The van der Waals surface area contributed by atoms with Gasteiger partial charge in [0.2, 0.25) is 5.91 Å². The first kappa shape index (κ1) is 19.4. The average molecular weight is 385 g/mol. The number of carbonyl (C=O) groups is 1. The summed E-state index contributed by atoms with van der Waals surface area (Å²) in [6.07, 6.45) is 0.559. The number of benzene rings is 2. The van der Waals surface area contributed by atoms with Crippen LogP contribution >= 0.6 is 11.6 Å². The van der Waals surface area contributed by atoms with E-state index < -0.39 is 0 Å². The van der Waals surface area contributed by atoms with Crippen LogP contribution in [0.2, 0.25) is 5.02 Å². The zero-order valence-electron chi connectivity index (χ0n) is 16.0. The van der Waals surface area contributed by atoms with Gasteiger partial charge < -0.3 is 9.74 Å². The van der Waals surface area contributed by atoms with Crippen molar-refractivity contribution in [3.63, 3.8) is 0 Å². The first-order valence-electron chi connectivity index (χ1n) is 9.26. The summed E-state index contributed by atoms with van der Waals surface area (Å²) in [7, 11) is 0. The highest BCUT2D eigenvalue weighted by Crippen LogP contribution is 2.22. The van der Waals surface area contributed by atoms with Crippen LogP contribution in [0.5, 0.6) is 0 Å². The topological polar surface area (TPSA) is 41.9 Å². The lowest BCUT2D eigenvalue weighted by Gasteiger charge is -2.26. The Kier molecular flexibility index (Phi) is 6.17. The summed E-state index contributed by atoms with van der Waals surface area (Å²) in [5, 5.41) is 4.96. The third-order valence-corrected chi connectivity index (χ3v) is 4.92. The number of nitrogens with zero attached hydrogens (tertiary/aromatic N) is 2. The van der Waals surface area contributed by atoms with Crippen molar-refractivity contribution in [1.82, 2.24) is 4.90 Å². The van der Waals surface area contributed by atoms with Crippen molar-refractivity contribution in [3.8, 4) is 0 Å². The molecule has 0 saturated carbocycles.